The zero-order chi connectivity index (χ0) is 25.6. The van der Waals surface area contributed by atoms with Crippen molar-refractivity contribution in [1.29, 1.82) is 0 Å². The zero-order valence-corrected chi connectivity index (χ0v) is 21.5. The quantitative estimate of drug-likeness (QED) is 0.387. The standard InChI is InChI=1S/C25H25Cl2N3O4S/c1-3-17(2)28-25(32)20-11-7-8-12-23(20)29-24(31)16-30(18-13-14-21(26)22(27)15-18)35(33,34)19-9-5-4-6-10-19/h4-15,17H,3,16H2,1-2H3,(H,28,32)(H,29,31)/t17-/m0/s1. The number of rotatable bonds is 9. The van der Waals surface area contributed by atoms with Gasteiger partial charge in [0.25, 0.3) is 15.9 Å². The summed E-state index contributed by atoms with van der Waals surface area (Å²) < 4.78 is 27.9. The van der Waals surface area contributed by atoms with Crippen LogP contribution in [0.1, 0.15) is 30.6 Å². The number of hydrogen-bond acceptors (Lipinski definition) is 4. The topological polar surface area (TPSA) is 95.6 Å². The lowest BCUT2D eigenvalue weighted by Crippen LogP contribution is -2.38. The second-order valence-electron chi connectivity index (χ2n) is 7.80. The summed E-state index contributed by atoms with van der Waals surface area (Å²) in [7, 11) is -4.13. The van der Waals surface area contributed by atoms with Gasteiger partial charge < -0.3 is 10.6 Å². The number of nitrogens with zero attached hydrogens (tertiary/aromatic N) is 1. The van der Waals surface area contributed by atoms with Gasteiger partial charge in [-0.2, -0.15) is 0 Å². The van der Waals surface area contributed by atoms with E-state index in [2.05, 4.69) is 10.6 Å². The Bertz CT molecular complexity index is 1320. The van der Waals surface area contributed by atoms with Gasteiger partial charge in [0.2, 0.25) is 5.91 Å². The summed E-state index contributed by atoms with van der Waals surface area (Å²) in [5, 5.41) is 5.92. The fraction of sp³-hybridized carbons (Fsp3) is 0.200. The molecule has 0 aromatic heterocycles. The van der Waals surface area contributed by atoms with E-state index >= 15 is 0 Å². The van der Waals surface area contributed by atoms with Crippen LogP contribution >= 0.6 is 23.2 Å². The van der Waals surface area contributed by atoms with Crippen molar-refractivity contribution in [3.8, 4) is 0 Å². The molecule has 3 aromatic carbocycles. The van der Waals surface area contributed by atoms with E-state index in [9.17, 15) is 18.0 Å². The van der Waals surface area contributed by atoms with Crippen LogP contribution in [0.4, 0.5) is 11.4 Å². The molecule has 7 nitrogen and oxygen atoms in total. The molecule has 0 heterocycles. The summed E-state index contributed by atoms with van der Waals surface area (Å²) in [6, 6.07) is 18.5. The van der Waals surface area contributed by atoms with E-state index in [4.69, 9.17) is 23.2 Å². The molecule has 2 N–H and O–H groups in total. The van der Waals surface area contributed by atoms with Crippen molar-refractivity contribution in [2.24, 2.45) is 0 Å². The lowest BCUT2D eigenvalue weighted by atomic mass is 10.1. The second kappa shape index (κ2) is 11.6. The van der Waals surface area contributed by atoms with Crippen molar-refractivity contribution < 1.29 is 18.0 Å². The molecule has 0 radical (unpaired) electrons. The number of amides is 2. The minimum Gasteiger partial charge on any atom is -0.350 e. The molecule has 184 valence electrons. The van der Waals surface area contributed by atoms with Gasteiger partial charge in [0.15, 0.2) is 0 Å². The van der Waals surface area contributed by atoms with Crippen LogP contribution in [0.15, 0.2) is 77.7 Å². The number of halogens is 2. The van der Waals surface area contributed by atoms with Gasteiger partial charge in [-0.3, -0.25) is 13.9 Å². The van der Waals surface area contributed by atoms with Gasteiger partial charge in [0, 0.05) is 6.04 Å². The third kappa shape index (κ3) is 6.54. The summed E-state index contributed by atoms with van der Waals surface area (Å²) in [5.74, 6) is -0.979. The third-order valence-corrected chi connectivity index (χ3v) is 7.77. The molecule has 0 aliphatic carbocycles. The lowest BCUT2D eigenvalue weighted by Gasteiger charge is -2.24. The van der Waals surface area contributed by atoms with Crippen molar-refractivity contribution in [2.75, 3.05) is 16.2 Å². The Morgan fingerprint density at radius 2 is 1.60 bits per heavy atom. The van der Waals surface area contributed by atoms with E-state index in [-0.39, 0.29) is 43.8 Å². The number of anilines is 2. The Labute approximate surface area is 215 Å². The van der Waals surface area contributed by atoms with E-state index in [1.807, 2.05) is 13.8 Å². The fourth-order valence-corrected chi connectivity index (χ4v) is 4.92. The molecule has 0 unspecified atom stereocenters. The minimum atomic E-state index is -4.13. The van der Waals surface area contributed by atoms with Crippen LogP contribution in [-0.2, 0) is 14.8 Å². The Hall–Kier alpha value is -3.07. The first-order valence-corrected chi connectivity index (χ1v) is 13.1. The van der Waals surface area contributed by atoms with Gasteiger partial charge in [-0.15, -0.1) is 0 Å². The van der Waals surface area contributed by atoms with E-state index < -0.39 is 22.5 Å². The molecule has 35 heavy (non-hydrogen) atoms. The van der Waals surface area contributed by atoms with Gasteiger partial charge >= 0.3 is 0 Å². The fourth-order valence-electron chi connectivity index (χ4n) is 3.19. The highest BCUT2D eigenvalue weighted by molar-refractivity contribution is 7.92. The van der Waals surface area contributed by atoms with Crippen molar-refractivity contribution in [2.45, 2.75) is 31.2 Å². The average molecular weight is 534 g/mol. The molecule has 0 saturated heterocycles. The highest BCUT2D eigenvalue weighted by Gasteiger charge is 2.28. The summed E-state index contributed by atoms with van der Waals surface area (Å²) in [5.41, 5.74) is 0.707. The Morgan fingerprint density at radius 1 is 0.943 bits per heavy atom. The van der Waals surface area contributed by atoms with Gasteiger partial charge in [-0.25, -0.2) is 8.42 Å². The SMILES string of the molecule is CC[C@H](C)NC(=O)c1ccccc1NC(=O)CN(c1ccc(Cl)c(Cl)c1)S(=O)(=O)c1ccccc1. The van der Waals surface area contributed by atoms with Crippen LogP contribution in [0, 0.1) is 0 Å². The molecule has 1 atom stereocenters. The number of nitrogens with one attached hydrogen (secondary N) is 2. The molecule has 0 aliphatic heterocycles. The monoisotopic (exact) mass is 533 g/mol. The maximum atomic E-state index is 13.5. The van der Waals surface area contributed by atoms with Crippen LogP contribution < -0.4 is 14.9 Å². The van der Waals surface area contributed by atoms with Crippen molar-refractivity contribution in [1.82, 2.24) is 5.32 Å². The van der Waals surface area contributed by atoms with E-state index in [1.54, 1.807) is 42.5 Å². The predicted molar refractivity (Wildman–Crippen MR) is 140 cm³/mol. The number of carbonyl (C=O) groups excluding carboxylic acids is 2. The first-order valence-electron chi connectivity index (χ1n) is 10.9. The Kier molecular flexibility index (Phi) is 8.77. The third-order valence-electron chi connectivity index (χ3n) is 5.25. The van der Waals surface area contributed by atoms with Crippen LogP contribution in [0.5, 0.6) is 0 Å². The normalized spacial score (nSPS) is 12.0. The highest BCUT2D eigenvalue weighted by Crippen LogP contribution is 2.30. The Balaban J connectivity index is 1.93. The number of sulfonamides is 1. The molecule has 0 aliphatic rings. The summed E-state index contributed by atoms with van der Waals surface area (Å²) in [4.78, 5) is 25.8. The van der Waals surface area contributed by atoms with E-state index in [0.717, 1.165) is 10.7 Å². The summed E-state index contributed by atoms with van der Waals surface area (Å²) >= 11 is 12.1. The summed E-state index contributed by atoms with van der Waals surface area (Å²) in [6.45, 7) is 3.27. The van der Waals surface area contributed by atoms with Crippen LogP contribution in [-0.4, -0.2) is 32.8 Å². The molecule has 0 spiro atoms. The van der Waals surface area contributed by atoms with Gasteiger partial charge in [0.05, 0.1) is 31.9 Å². The van der Waals surface area contributed by atoms with E-state index in [1.165, 1.54) is 30.3 Å². The molecule has 10 heteroatoms. The van der Waals surface area contributed by atoms with Crippen molar-refractivity contribution >= 4 is 56.4 Å². The number of para-hydroxylation sites is 1. The van der Waals surface area contributed by atoms with Gasteiger partial charge in [-0.1, -0.05) is 60.5 Å². The van der Waals surface area contributed by atoms with Gasteiger partial charge in [-0.05, 0) is 55.8 Å². The first-order chi connectivity index (χ1) is 16.6. The van der Waals surface area contributed by atoms with Crippen LogP contribution in [0.25, 0.3) is 0 Å². The molecule has 0 bridgehead atoms. The number of carbonyl (C=O) groups is 2. The van der Waals surface area contributed by atoms with Crippen LogP contribution in [0.3, 0.4) is 0 Å². The largest absolute Gasteiger partial charge is 0.350 e. The molecule has 0 saturated carbocycles. The predicted octanol–water partition coefficient (Wildman–Crippen LogP) is 5.36. The number of hydrogen-bond donors (Lipinski definition) is 2. The minimum absolute atomic E-state index is 0.00667. The highest BCUT2D eigenvalue weighted by atomic mass is 35.5. The lowest BCUT2D eigenvalue weighted by molar-refractivity contribution is -0.114. The van der Waals surface area contributed by atoms with Crippen molar-refractivity contribution in [3.63, 3.8) is 0 Å². The van der Waals surface area contributed by atoms with E-state index in [0.29, 0.717) is 0 Å². The molecule has 2 amide bonds. The zero-order valence-electron chi connectivity index (χ0n) is 19.2. The van der Waals surface area contributed by atoms with Crippen molar-refractivity contribution in [3.05, 3.63) is 88.4 Å². The molecule has 0 fully saturated rings. The Morgan fingerprint density at radius 3 is 2.26 bits per heavy atom. The number of benzene rings is 3. The molecular formula is C25H25Cl2N3O4S. The smallest absolute Gasteiger partial charge is 0.264 e. The van der Waals surface area contributed by atoms with Gasteiger partial charge in [0.1, 0.15) is 6.54 Å². The first kappa shape index (κ1) is 26.5. The molecule has 3 rings (SSSR count). The maximum Gasteiger partial charge on any atom is 0.264 e. The second-order valence-corrected chi connectivity index (χ2v) is 10.5. The summed E-state index contributed by atoms with van der Waals surface area (Å²) in [6.07, 6.45) is 0.746. The molecule has 3 aromatic rings. The molecular weight excluding hydrogens is 509 g/mol. The van der Waals surface area contributed by atoms with Crippen LogP contribution in [0.2, 0.25) is 10.0 Å². The average Bonchev–Trinajstić information content (AvgIpc) is 2.85. The maximum absolute atomic E-state index is 13.5.